The smallest absolute Gasteiger partial charge is 0.388 e. The molecule has 0 aromatic heterocycles. The fourth-order valence-corrected chi connectivity index (χ4v) is 1.65. The minimum absolute atomic E-state index is 0. The SMILES string of the molecule is CC(C)(C)[C@@H](N)C[C@@H](O)c1cccc(C(F)(F)F)c1.Cl. The highest BCUT2D eigenvalue weighted by molar-refractivity contribution is 5.85. The quantitative estimate of drug-likeness (QED) is 0.888. The molecule has 0 saturated carbocycles. The van der Waals surface area contributed by atoms with Crippen LogP contribution in [-0.2, 0) is 6.18 Å². The fourth-order valence-electron chi connectivity index (χ4n) is 1.65. The van der Waals surface area contributed by atoms with Crippen LogP contribution in [0.1, 0.15) is 44.4 Å². The number of aliphatic hydroxyl groups is 1. The van der Waals surface area contributed by atoms with Gasteiger partial charge in [-0.05, 0) is 29.5 Å². The third kappa shape index (κ3) is 5.31. The second-order valence-electron chi connectivity index (χ2n) is 5.85. The molecular weight excluding hydrogens is 291 g/mol. The zero-order chi connectivity index (χ0) is 14.8. The van der Waals surface area contributed by atoms with Crippen LogP contribution in [0, 0.1) is 5.41 Å². The fraction of sp³-hybridized carbons (Fsp3) is 0.571. The predicted octanol–water partition coefficient (Wildman–Crippen LogP) is 3.92. The van der Waals surface area contributed by atoms with Crippen LogP contribution in [0.5, 0.6) is 0 Å². The lowest BCUT2D eigenvalue weighted by atomic mass is 9.83. The molecule has 2 atom stereocenters. The largest absolute Gasteiger partial charge is 0.416 e. The number of aliphatic hydroxyl groups excluding tert-OH is 1. The second kappa shape index (κ2) is 6.78. The van der Waals surface area contributed by atoms with Crippen molar-refractivity contribution in [1.29, 1.82) is 0 Å². The van der Waals surface area contributed by atoms with E-state index in [1.54, 1.807) is 0 Å². The van der Waals surface area contributed by atoms with Crippen molar-refractivity contribution in [2.75, 3.05) is 0 Å². The Balaban J connectivity index is 0.00000361. The lowest BCUT2D eigenvalue weighted by molar-refractivity contribution is -0.137. The molecule has 116 valence electrons. The molecule has 1 rings (SSSR count). The van der Waals surface area contributed by atoms with Crippen molar-refractivity contribution in [3.63, 3.8) is 0 Å². The number of nitrogens with two attached hydrogens (primary N) is 1. The van der Waals surface area contributed by atoms with Gasteiger partial charge in [0.1, 0.15) is 0 Å². The molecular formula is C14H21ClF3NO. The summed E-state index contributed by atoms with van der Waals surface area (Å²) in [6.45, 7) is 5.78. The van der Waals surface area contributed by atoms with Gasteiger partial charge in [0, 0.05) is 6.04 Å². The highest BCUT2D eigenvalue weighted by Crippen LogP contribution is 2.32. The van der Waals surface area contributed by atoms with E-state index in [0.717, 1.165) is 12.1 Å². The molecule has 0 amide bonds. The van der Waals surface area contributed by atoms with Gasteiger partial charge in [-0.2, -0.15) is 13.2 Å². The van der Waals surface area contributed by atoms with Crippen molar-refractivity contribution >= 4 is 12.4 Å². The summed E-state index contributed by atoms with van der Waals surface area (Å²) in [7, 11) is 0. The molecule has 0 unspecified atom stereocenters. The van der Waals surface area contributed by atoms with Gasteiger partial charge >= 0.3 is 6.18 Å². The van der Waals surface area contributed by atoms with E-state index in [9.17, 15) is 18.3 Å². The minimum Gasteiger partial charge on any atom is -0.388 e. The highest BCUT2D eigenvalue weighted by atomic mass is 35.5. The van der Waals surface area contributed by atoms with Gasteiger partial charge < -0.3 is 10.8 Å². The molecule has 0 bridgehead atoms. The van der Waals surface area contributed by atoms with Crippen molar-refractivity contribution < 1.29 is 18.3 Å². The third-order valence-corrected chi connectivity index (χ3v) is 3.19. The summed E-state index contributed by atoms with van der Waals surface area (Å²) >= 11 is 0. The van der Waals surface area contributed by atoms with E-state index in [2.05, 4.69) is 0 Å². The van der Waals surface area contributed by atoms with Crippen molar-refractivity contribution in [2.24, 2.45) is 11.1 Å². The zero-order valence-corrected chi connectivity index (χ0v) is 12.6. The summed E-state index contributed by atoms with van der Waals surface area (Å²) in [5, 5.41) is 10.00. The number of benzene rings is 1. The van der Waals surface area contributed by atoms with Crippen molar-refractivity contribution in [3.05, 3.63) is 35.4 Å². The molecule has 2 nitrogen and oxygen atoms in total. The Hall–Kier alpha value is -0.780. The standard InChI is InChI=1S/C14H20F3NO.ClH/c1-13(2,3)12(18)8-11(19)9-5-4-6-10(7-9)14(15,16)17;/h4-7,11-12,19H,8,18H2,1-3H3;1H/t11-,12+;/m1./s1. The van der Waals surface area contributed by atoms with E-state index >= 15 is 0 Å². The average molecular weight is 312 g/mol. The molecule has 1 aromatic carbocycles. The van der Waals surface area contributed by atoms with Gasteiger partial charge in [0.15, 0.2) is 0 Å². The van der Waals surface area contributed by atoms with Crippen LogP contribution in [0.4, 0.5) is 13.2 Å². The van der Waals surface area contributed by atoms with Gasteiger partial charge in [0.2, 0.25) is 0 Å². The lowest BCUT2D eigenvalue weighted by Crippen LogP contribution is -2.36. The van der Waals surface area contributed by atoms with E-state index in [4.69, 9.17) is 5.73 Å². The first-order valence-electron chi connectivity index (χ1n) is 6.12. The molecule has 3 N–H and O–H groups in total. The van der Waals surface area contributed by atoms with E-state index in [0.29, 0.717) is 0 Å². The Morgan fingerprint density at radius 3 is 2.20 bits per heavy atom. The molecule has 0 aliphatic rings. The Morgan fingerprint density at radius 1 is 1.20 bits per heavy atom. The number of hydrogen-bond donors (Lipinski definition) is 2. The van der Waals surface area contributed by atoms with Gasteiger partial charge in [0.25, 0.3) is 0 Å². The van der Waals surface area contributed by atoms with E-state index in [1.807, 2.05) is 20.8 Å². The molecule has 1 aromatic rings. The average Bonchev–Trinajstić information content (AvgIpc) is 2.26. The normalized spacial score (nSPS) is 15.4. The topological polar surface area (TPSA) is 46.2 Å². The molecule has 0 spiro atoms. The summed E-state index contributed by atoms with van der Waals surface area (Å²) < 4.78 is 37.7. The van der Waals surface area contributed by atoms with Gasteiger partial charge in [-0.15, -0.1) is 12.4 Å². The van der Waals surface area contributed by atoms with Crippen LogP contribution < -0.4 is 5.73 Å². The summed E-state index contributed by atoms with van der Waals surface area (Å²) in [4.78, 5) is 0. The summed E-state index contributed by atoms with van der Waals surface area (Å²) in [5.41, 5.74) is 5.21. The molecule has 0 radical (unpaired) electrons. The summed E-state index contributed by atoms with van der Waals surface area (Å²) in [6, 6.07) is 4.44. The second-order valence-corrected chi connectivity index (χ2v) is 5.85. The minimum atomic E-state index is -4.40. The maximum Gasteiger partial charge on any atom is 0.416 e. The first kappa shape index (κ1) is 19.2. The van der Waals surface area contributed by atoms with E-state index in [1.165, 1.54) is 12.1 Å². The predicted molar refractivity (Wildman–Crippen MR) is 75.7 cm³/mol. The Labute approximate surface area is 123 Å². The highest BCUT2D eigenvalue weighted by Gasteiger charge is 2.31. The zero-order valence-electron chi connectivity index (χ0n) is 11.7. The first-order valence-corrected chi connectivity index (χ1v) is 6.12. The van der Waals surface area contributed by atoms with Gasteiger partial charge in [-0.1, -0.05) is 32.9 Å². The number of alkyl halides is 3. The first-order chi connectivity index (χ1) is 8.51. The van der Waals surface area contributed by atoms with Crippen molar-refractivity contribution in [3.8, 4) is 0 Å². The maximum absolute atomic E-state index is 12.6. The van der Waals surface area contributed by atoms with Gasteiger partial charge in [0.05, 0.1) is 11.7 Å². The Bertz CT molecular complexity index is 429. The number of rotatable bonds is 3. The van der Waals surface area contributed by atoms with Crippen LogP contribution in [0.15, 0.2) is 24.3 Å². The van der Waals surface area contributed by atoms with Crippen LogP contribution >= 0.6 is 12.4 Å². The third-order valence-electron chi connectivity index (χ3n) is 3.19. The number of halogens is 4. The van der Waals surface area contributed by atoms with Crippen LogP contribution in [0.25, 0.3) is 0 Å². The van der Waals surface area contributed by atoms with E-state index in [-0.39, 0.29) is 35.8 Å². The van der Waals surface area contributed by atoms with E-state index < -0.39 is 17.8 Å². The Morgan fingerprint density at radius 2 is 1.75 bits per heavy atom. The molecule has 0 aliphatic heterocycles. The molecule has 6 heteroatoms. The van der Waals surface area contributed by atoms with Crippen LogP contribution in [0.3, 0.4) is 0 Å². The molecule has 0 fully saturated rings. The van der Waals surface area contributed by atoms with Crippen LogP contribution in [0.2, 0.25) is 0 Å². The molecule has 0 heterocycles. The monoisotopic (exact) mass is 311 g/mol. The molecule has 20 heavy (non-hydrogen) atoms. The molecule has 0 saturated heterocycles. The van der Waals surface area contributed by atoms with Gasteiger partial charge in [-0.25, -0.2) is 0 Å². The van der Waals surface area contributed by atoms with Crippen LogP contribution in [-0.4, -0.2) is 11.1 Å². The Kier molecular flexibility index (Phi) is 6.52. The molecule has 0 aliphatic carbocycles. The van der Waals surface area contributed by atoms with Crippen molar-refractivity contribution in [1.82, 2.24) is 0 Å². The van der Waals surface area contributed by atoms with Gasteiger partial charge in [-0.3, -0.25) is 0 Å². The summed E-state index contributed by atoms with van der Waals surface area (Å²) in [6.07, 6.45) is -5.16. The maximum atomic E-state index is 12.6. The number of hydrogen-bond acceptors (Lipinski definition) is 2. The summed E-state index contributed by atoms with van der Waals surface area (Å²) in [5.74, 6) is 0. The van der Waals surface area contributed by atoms with Crippen molar-refractivity contribution in [2.45, 2.75) is 45.5 Å². The lowest BCUT2D eigenvalue weighted by Gasteiger charge is -2.29.